The van der Waals surface area contributed by atoms with Gasteiger partial charge in [-0.05, 0) is 148 Å². The molecule has 35 heteroatoms. The average Bonchev–Trinajstić information content (AvgIpc) is 1.72. The normalized spacial score (nSPS) is 15.0. The zero-order valence-corrected chi connectivity index (χ0v) is 62.4. The zero-order chi connectivity index (χ0) is 73.3. The Balaban J connectivity index is 0.000000514. The standard InChI is InChI=1S/C31H35Cl2N3O8S2.C14H19ClN2O5S.C8H17NO3.C6H4ClNO3S.CH3B/c1-16-34-23(25(33)46-16)22(35-44-31(5,6)29(40)43-30(2,3)4)21(37)12-20-26(38)36-24(18(13-32)15-45-27(20)36)28(39)42-14-17-8-10-19(41-7)11-9-17;1-7-16-8(10(15)23-7)9(11(18)19)17-22-14(5,6)12(20)21-13(2,3)4;1-7(2,3)11-6(10)8(4,5)12-9;1-2-8-3(5(7)12-2)4(9)6(10)11;1-2/h8-11,20,27H,12-15H2,1-7H3;1-6H3,(H,18,19);9H2,1-5H3;1H3,(H,10,11);1H3/b35-22+;17-9-;;;/t20-,27?;;;;/m1..../s1. The van der Waals surface area contributed by atoms with Crippen LogP contribution in [-0.4, -0.2) is 160 Å². The average molecular weight is 1480 g/mol. The van der Waals surface area contributed by atoms with Gasteiger partial charge in [0.15, 0.2) is 17.1 Å². The summed E-state index contributed by atoms with van der Waals surface area (Å²) in [5, 5.41) is 26.4. The summed E-state index contributed by atoms with van der Waals surface area (Å²) >= 11 is 28.8. The maximum absolute atomic E-state index is 13.8. The maximum atomic E-state index is 13.8. The van der Waals surface area contributed by atoms with E-state index in [0.29, 0.717) is 32.1 Å². The number of thiazole rings is 3. The summed E-state index contributed by atoms with van der Waals surface area (Å²) in [5.41, 5.74) is -5.48. The van der Waals surface area contributed by atoms with Crippen LogP contribution in [0.2, 0.25) is 19.8 Å². The van der Waals surface area contributed by atoms with Crippen molar-refractivity contribution in [1.29, 1.82) is 0 Å². The molecule has 1 unspecified atom stereocenters. The fourth-order valence-corrected chi connectivity index (χ4v) is 12.0. The number of halogens is 4. The molecule has 0 bridgehead atoms. The molecule has 2 aliphatic heterocycles. The molecule has 2 atom stereocenters. The number of esters is 4. The van der Waals surface area contributed by atoms with Crippen molar-refractivity contribution in [2.24, 2.45) is 22.1 Å². The molecule has 522 valence electrons. The van der Waals surface area contributed by atoms with E-state index in [1.165, 1.54) is 51.2 Å². The van der Waals surface area contributed by atoms with E-state index in [0.717, 1.165) is 39.6 Å². The monoisotopic (exact) mass is 1480 g/mol. The molecule has 1 saturated heterocycles. The summed E-state index contributed by atoms with van der Waals surface area (Å²) in [7, 11) is 6.06. The number of hydrogen-bond donors (Lipinski definition) is 3. The van der Waals surface area contributed by atoms with Crippen molar-refractivity contribution in [2.45, 2.75) is 183 Å². The maximum Gasteiger partial charge on any atom is 0.379 e. The number of ketones is 2. The SMILES string of the molecule is CC(C)(C)OC(=O)C(C)(C)ON.COc1ccc(COC(=O)C2=C(CCl)CSC3[C@H](CC(=O)/C(=N\OC(C)(C)C(=O)OC(C)(C)C)c4nc(C)sc4Cl)C(=O)N23)cc1.Cc1nc(/C(=N/OC(C)(C)C(=O)OC(C)(C)C)C(=O)O)c(Cl)s1.Cc1nc(C(=O)C(=O)O)c(Cl)s1.[B]C. The van der Waals surface area contributed by atoms with E-state index in [9.17, 15) is 48.3 Å². The first-order valence-corrected chi connectivity index (χ1v) is 33.4. The van der Waals surface area contributed by atoms with Gasteiger partial charge in [0, 0.05) is 18.1 Å². The Morgan fingerprint density at radius 3 is 1.40 bits per heavy atom. The molecular formula is C60H78BCl4N7O19S4. The summed E-state index contributed by atoms with van der Waals surface area (Å²) < 4.78 is 26.9. The predicted molar refractivity (Wildman–Crippen MR) is 364 cm³/mol. The molecule has 1 fully saturated rings. The van der Waals surface area contributed by atoms with Crippen LogP contribution in [0.5, 0.6) is 5.75 Å². The van der Waals surface area contributed by atoms with Crippen molar-refractivity contribution >= 4 is 165 Å². The van der Waals surface area contributed by atoms with E-state index in [1.54, 1.807) is 128 Å². The number of rotatable bonds is 21. The van der Waals surface area contributed by atoms with E-state index < -0.39 is 104 Å². The lowest BCUT2D eigenvalue weighted by molar-refractivity contribution is -0.180. The Morgan fingerprint density at radius 1 is 0.642 bits per heavy atom. The molecule has 2 aliphatic rings. The fraction of sp³-hybridized carbons (Fsp3) is 0.533. The summed E-state index contributed by atoms with van der Waals surface area (Å²) in [6.07, 6.45) is -0.265. The number of methoxy groups -OCH3 is 1. The van der Waals surface area contributed by atoms with Crippen LogP contribution in [0.3, 0.4) is 0 Å². The second-order valence-corrected chi connectivity index (χ2v) is 31.2. The van der Waals surface area contributed by atoms with Gasteiger partial charge >= 0.3 is 35.8 Å². The molecule has 1 aromatic carbocycles. The summed E-state index contributed by atoms with van der Waals surface area (Å²) in [6, 6.07) is 7.04. The number of amides is 1. The number of ether oxygens (including phenoxy) is 5. The Bertz CT molecular complexity index is 3530. The number of nitrogens with two attached hydrogens (primary N) is 1. The number of benzene rings is 1. The highest BCUT2D eigenvalue weighted by Gasteiger charge is 2.54. The molecule has 3 aromatic heterocycles. The van der Waals surface area contributed by atoms with Gasteiger partial charge in [0.1, 0.15) is 64.9 Å². The number of oxime groups is 2. The van der Waals surface area contributed by atoms with Crippen molar-refractivity contribution in [3.05, 3.63) is 86.2 Å². The Kier molecular flexibility index (Phi) is 32.0. The van der Waals surface area contributed by atoms with E-state index in [1.807, 2.05) is 0 Å². The van der Waals surface area contributed by atoms with Crippen molar-refractivity contribution in [3.8, 4) is 5.75 Å². The topological polar surface area (TPSA) is 361 Å². The van der Waals surface area contributed by atoms with Crippen molar-refractivity contribution < 1.29 is 91.6 Å². The molecule has 1 amide bonds. The molecular weight excluding hydrogens is 1400 g/mol. The number of carboxylic acids is 2. The van der Waals surface area contributed by atoms with Crippen molar-refractivity contribution in [1.82, 2.24) is 19.9 Å². The summed E-state index contributed by atoms with van der Waals surface area (Å²) in [6.45, 7) is 31.1. The number of carbonyl (C=O) groups excluding carboxylic acids is 7. The number of fused-ring (bicyclic) bond motifs is 1. The highest BCUT2D eigenvalue weighted by atomic mass is 35.5. The summed E-state index contributed by atoms with van der Waals surface area (Å²) in [5.74, 6) is -2.24. The quantitative estimate of drug-likeness (QED) is 0.00803. The second kappa shape index (κ2) is 35.8. The van der Waals surface area contributed by atoms with Gasteiger partial charge in [-0.3, -0.25) is 24.1 Å². The molecule has 95 heavy (non-hydrogen) atoms. The van der Waals surface area contributed by atoms with E-state index >= 15 is 0 Å². The number of carbonyl (C=O) groups is 9. The molecule has 0 aliphatic carbocycles. The minimum absolute atomic E-state index is 0.00153. The smallest absolute Gasteiger partial charge is 0.379 e. The highest BCUT2D eigenvalue weighted by Crippen LogP contribution is 2.46. The van der Waals surface area contributed by atoms with Crippen molar-refractivity contribution in [2.75, 3.05) is 18.7 Å². The number of β-lactam (4-membered cyclic amide) rings is 1. The largest absolute Gasteiger partial charge is 0.497 e. The number of alkyl halides is 1. The lowest BCUT2D eigenvalue weighted by Gasteiger charge is -2.49. The molecule has 0 saturated carbocycles. The number of thioether (sulfide) groups is 1. The van der Waals surface area contributed by atoms with E-state index in [2.05, 4.69) is 37.9 Å². The number of aliphatic carboxylic acids is 2. The molecule has 4 aromatic rings. The lowest BCUT2D eigenvalue weighted by atomic mass is 9.89. The minimum atomic E-state index is -1.55. The third-order valence-corrected chi connectivity index (χ3v) is 16.8. The van der Waals surface area contributed by atoms with Gasteiger partial charge in [0.05, 0.1) is 41.3 Å². The Labute approximate surface area is 588 Å². The first-order valence-electron chi connectivity index (χ1n) is 28.2. The Morgan fingerprint density at radius 2 is 1.04 bits per heavy atom. The summed E-state index contributed by atoms with van der Waals surface area (Å²) in [4.78, 5) is 138. The van der Waals surface area contributed by atoms with Crippen molar-refractivity contribution in [3.63, 3.8) is 0 Å². The third-order valence-electron chi connectivity index (χ3n) is 11.5. The third kappa shape index (κ3) is 25.9. The molecule has 26 nitrogen and oxygen atoms in total. The van der Waals surface area contributed by atoms with Gasteiger partial charge in [-0.2, -0.15) is 0 Å². The predicted octanol–water partition coefficient (Wildman–Crippen LogP) is 11.3. The van der Waals surface area contributed by atoms with Gasteiger partial charge in [-0.1, -0.05) is 64.1 Å². The lowest BCUT2D eigenvalue weighted by Crippen LogP contribution is -2.62. The van der Waals surface area contributed by atoms with E-state index in [4.69, 9.17) is 90.8 Å². The number of aromatic nitrogens is 3. The van der Waals surface area contributed by atoms with Gasteiger partial charge in [-0.25, -0.2) is 49.6 Å². The zero-order valence-electron chi connectivity index (χ0n) is 56.1. The van der Waals surface area contributed by atoms with Crippen LogP contribution < -0.4 is 10.6 Å². The van der Waals surface area contributed by atoms with Gasteiger partial charge < -0.3 is 43.6 Å². The number of carboxylic acid groups (broad SMARTS) is 2. The van der Waals surface area contributed by atoms with Gasteiger partial charge in [-0.15, -0.1) is 57.4 Å². The molecule has 4 N–H and O–H groups in total. The van der Waals surface area contributed by atoms with Crippen LogP contribution in [0.15, 0.2) is 45.8 Å². The van der Waals surface area contributed by atoms with Crippen LogP contribution in [0.25, 0.3) is 0 Å². The van der Waals surface area contributed by atoms with Gasteiger partial charge in [0.25, 0.3) is 5.78 Å². The van der Waals surface area contributed by atoms with Crippen LogP contribution in [-0.2, 0) is 78.4 Å². The number of aryl methyl sites for hydroxylation is 3. The molecule has 0 spiro atoms. The first kappa shape index (κ1) is 84.8. The van der Waals surface area contributed by atoms with Crippen LogP contribution in [0.4, 0.5) is 0 Å². The fourth-order valence-electron chi connectivity index (χ4n) is 6.94. The van der Waals surface area contributed by atoms with Crippen LogP contribution >= 0.6 is 92.2 Å². The molecule has 2 radical (unpaired) electrons. The van der Waals surface area contributed by atoms with Crippen LogP contribution in [0.1, 0.15) is 153 Å². The highest BCUT2D eigenvalue weighted by molar-refractivity contribution is 8.00. The number of nitrogens with zero attached hydrogens (tertiary/aromatic N) is 6. The van der Waals surface area contributed by atoms with E-state index in [-0.39, 0.29) is 60.4 Å². The minimum Gasteiger partial charge on any atom is -0.497 e. The van der Waals surface area contributed by atoms with Gasteiger partial charge in [0.2, 0.25) is 22.8 Å². The number of Topliss-reactive ketones (excluding diaryl/α,β-unsaturated/α-hetero) is 2. The second-order valence-electron chi connectivity index (χ2n) is 24.4. The number of hydrogen-bond acceptors (Lipinski definition) is 27. The molecule has 5 heterocycles. The molecule has 6 rings (SSSR count). The Hall–Kier alpha value is -6.29. The first-order chi connectivity index (χ1) is 43.6. The van der Waals surface area contributed by atoms with Crippen LogP contribution in [0, 0.1) is 26.7 Å².